The van der Waals surface area contributed by atoms with E-state index in [1.807, 2.05) is 0 Å². The standard InChI is InChI=1S/C33H58N2O5S/c1-7-24-28(37)33(6)26-13-12-25(21(2)16-19-34-29(38)35-41(39,40)23-10-8-9-11-23)30(26,3)17-15-27(33)31(4)18-14-22(36)20-32(24,31)5/h21-28,36-37H,7-20H2,1-6H3,(H2,34,35,38)/t21-,22-,24+,25-,26-,27-,28-,30-,31-,32+,33+/m1/s1. The molecule has 5 fully saturated rings. The Kier molecular flexibility index (Phi) is 8.42. The molecule has 5 aliphatic rings. The minimum absolute atomic E-state index is 0.0560. The third-order valence-electron chi connectivity index (χ3n) is 14.4. The number of aliphatic hydroxyl groups is 2. The predicted octanol–water partition coefficient (Wildman–Crippen LogP) is 5.99. The highest BCUT2D eigenvalue weighted by Gasteiger charge is 2.72. The number of urea groups is 1. The molecule has 0 aromatic carbocycles. The molecule has 0 spiro atoms. The maximum Gasteiger partial charge on any atom is 0.328 e. The molecule has 4 N–H and O–H groups in total. The first-order chi connectivity index (χ1) is 19.1. The van der Waals surface area contributed by atoms with Crippen LogP contribution in [0.4, 0.5) is 4.79 Å². The Bertz CT molecular complexity index is 1090. The lowest BCUT2D eigenvalue weighted by molar-refractivity contribution is -0.282. The number of fused-ring (bicyclic) bond motifs is 5. The lowest BCUT2D eigenvalue weighted by Gasteiger charge is -2.73. The van der Waals surface area contributed by atoms with Crippen LogP contribution in [0.3, 0.4) is 0 Å². The molecule has 0 bridgehead atoms. The van der Waals surface area contributed by atoms with Crippen LogP contribution in [0.5, 0.6) is 0 Å². The molecule has 5 aliphatic carbocycles. The monoisotopic (exact) mass is 594 g/mol. The van der Waals surface area contributed by atoms with Gasteiger partial charge in [0.05, 0.1) is 17.5 Å². The Hall–Kier alpha value is -0.860. The molecule has 0 aromatic heterocycles. The Labute approximate surface area is 249 Å². The van der Waals surface area contributed by atoms with E-state index in [0.717, 1.165) is 70.6 Å². The van der Waals surface area contributed by atoms with Gasteiger partial charge in [-0.25, -0.2) is 17.9 Å². The molecular formula is C33H58N2O5S. The highest BCUT2D eigenvalue weighted by molar-refractivity contribution is 7.90. The van der Waals surface area contributed by atoms with E-state index in [0.29, 0.717) is 43.1 Å². The Morgan fingerprint density at radius 2 is 1.61 bits per heavy atom. The van der Waals surface area contributed by atoms with Gasteiger partial charge in [0, 0.05) is 12.0 Å². The number of carbonyl (C=O) groups excluding carboxylic acids is 1. The van der Waals surface area contributed by atoms with Crippen LogP contribution in [-0.2, 0) is 10.0 Å². The van der Waals surface area contributed by atoms with E-state index in [2.05, 4.69) is 51.6 Å². The largest absolute Gasteiger partial charge is 0.393 e. The van der Waals surface area contributed by atoms with Gasteiger partial charge in [0.1, 0.15) is 0 Å². The fraction of sp³-hybridized carbons (Fsp3) is 0.970. The minimum atomic E-state index is -3.60. The van der Waals surface area contributed by atoms with Gasteiger partial charge in [-0.3, -0.25) is 0 Å². The second-order valence-corrected chi connectivity index (χ2v) is 17.9. The number of aliphatic hydroxyl groups excluding tert-OH is 2. The lowest BCUT2D eigenvalue weighted by Crippen LogP contribution is -2.70. The third kappa shape index (κ3) is 4.79. The first-order valence-corrected chi connectivity index (χ1v) is 18.4. The summed E-state index contributed by atoms with van der Waals surface area (Å²) in [5.74, 6) is 1.99. The van der Waals surface area contributed by atoms with Crippen LogP contribution in [0.25, 0.3) is 0 Å². The SMILES string of the molecule is CC[C@H]1[C@@H](O)[C@@]2(C)[C@@H]3CC[C@H]([C@H](C)CCNC(=O)NS(=O)(=O)C4CCCC4)[C@@]3(C)CC[C@@H]2[C@@]2(C)CC[C@@H](O)C[C@@]12C. The van der Waals surface area contributed by atoms with Gasteiger partial charge in [0.2, 0.25) is 10.0 Å². The molecule has 8 heteroatoms. The second-order valence-electron chi connectivity index (χ2n) is 16.0. The number of carbonyl (C=O) groups is 1. The number of rotatable bonds is 7. The maximum absolute atomic E-state index is 12.5. The van der Waals surface area contributed by atoms with Crippen LogP contribution in [0.2, 0.25) is 0 Å². The molecule has 41 heavy (non-hydrogen) atoms. The first-order valence-electron chi connectivity index (χ1n) is 16.8. The minimum Gasteiger partial charge on any atom is -0.393 e. The molecule has 0 aromatic rings. The van der Waals surface area contributed by atoms with E-state index in [1.54, 1.807) is 0 Å². The number of amides is 2. The topological polar surface area (TPSA) is 116 Å². The van der Waals surface area contributed by atoms with Gasteiger partial charge in [0.15, 0.2) is 0 Å². The van der Waals surface area contributed by atoms with Crippen LogP contribution in [0, 0.1) is 51.2 Å². The molecule has 0 heterocycles. The summed E-state index contributed by atoms with van der Waals surface area (Å²) in [5.41, 5.74) is 0.0449. The Morgan fingerprint density at radius 1 is 0.927 bits per heavy atom. The van der Waals surface area contributed by atoms with E-state index in [4.69, 9.17) is 0 Å². The molecule has 5 rings (SSSR count). The van der Waals surface area contributed by atoms with Crippen molar-refractivity contribution in [1.82, 2.24) is 10.0 Å². The third-order valence-corrected chi connectivity index (χ3v) is 16.3. The zero-order valence-electron chi connectivity index (χ0n) is 26.5. The normalized spacial score (nSPS) is 47.2. The Balaban J connectivity index is 1.28. The van der Waals surface area contributed by atoms with E-state index in [-0.39, 0.29) is 39.8 Å². The molecule has 7 nitrogen and oxygen atoms in total. The zero-order chi connectivity index (χ0) is 30.0. The summed E-state index contributed by atoms with van der Waals surface area (Å²) >= 11 is 0. The van der Waals surface area contributed by atoms with Gasteiger partial charge >= 0.3 is 6.03 Å². The molecule has 11 atom stereocenters. The summed E-state index contributed by atoms with van der Waals surface area (Å²) in [5, 5.41) is 25.4. The quantitative estimate of drug-likeness (QED) is 0.289. The molecule has 0 aliphatic heterocycles. The van der Waals surface area contributed by atoms with Crippen molar-refractivity contribution >= 4 is 16.1 Å². The highest BCUT2D eigenvalue weighted by atomic mass is 32.2. The summed E-state index contributed by atoms with van der Waals surface area (Å²) in [6.45, 7) is 14.8. The van der Waals surface area contributed by atoms with Crippen molar-refractivity contribution in [1.29, 1.82) is 0 Å². The summed E-state index contributed by atoms with van der Waals surface area (Å²) in [7, 11) is -3.60. The van der Waals surface area contributed by atoms with Crippen LogP contribution in [0.15, 0.2) is 0 Å². The summed E-state index contributed by atoms with van der Waals surface area (Å²) < 4.78 is 27.3. The van der Waals surface area contributed by atoms with Gasteiger partial charge < -0.3 is 15.5 Å². The number of nitrogens with one attached hydrogen (secondary N) is 2. The maximum atomic E-state index is 12.5. The lowest BCUT2D eigenvalue weighted by atomic mass is 9.32. The molecule has 5 saturated carbocycles. The number of hydrogen-bond acceptors (Lipinski definition) is 5. The summed E-state index contributed by atoms with van der Waals surface area (Å²) in [6.07, 6.45) is 11.5. The fourth-order valence-electron chi connectivity index (χ4n) is 12.2. The van der Waals surface area contributed by atoms with Crippen LogP contribution < -0.4 is 10.0 Å². The van der Waals surface area contributed by atoms with E-state index in [1.165, 1.54) is 0 Å². The van der Waals surface area contributed by atoms with Gasteiger partial charge in [-0.15, -0.1) is 0 Å². The van der Waals surface area contributed by atoms with E-state index >= 15 is 0 Å². The fourth-order valence-corrected chi connectivity index (χ4v) is 13.7. The van der Waals surface area contributed by atoms with Crippen molar-refractivity contribution in [3.8, 4) is 0 Å². The van der Waals surface area contributed by atoms with Crippen molar-refractivity contribution in [3.05, 3.63) is 0 Å². The van der Waals surface area contributed by atoms with Crippen LogP contribution in [-0.4, -0.2) is 48.7 Å². The van der Waals surface area contributed by atoms with Gasteiger partial charge in [-0.1, -0.05) is 60.8 Å². The molecule has 0 radical (unpaired) electrons. The molecule has 2 amide bonds. The molecule has 0 saturated heterocycles. The second kappa shape index (κ2) is 10.9. The van der Waals surface area contributed by atoms with Crippen LogP contribution >= 0.6 is 0 Å². The number of hydrogen-bond donors (Lipinski definition) is 4. The highest BCUT2D eigenvalue weighted by Crippen LogP contribution is 2.76. The predicted molar refractivity (Wildman–Crippen MR) is 163 cm³/mol. The Morgan fingerprint density at radius 3 is 2.27 bits per heavy atom. The van der Waals surface area contributed by atoms with Crippen LogP contribution in [0.1, 0.15) is 125 Å². The van der Waals surface area contributed by atoms with Crippen molar-refractivity contribution in [2.45, 2.75) is 142 Å². The van der Waals surface area contributed by atoms with Gasteiger partial charge in [-0.05, 0) is 110 Å². The average Bonchev–Trinajstić information content (AvgIpc) is 3.55. The van der Waals surface area contributed by atoms with Crippen molar-refractivity contribution in [2.24, 2.45) is 51.2 Å². The van der Waals surface area contributed by atoms with Gasteiger partial charge in [0.25, 0.3) is 0 Å². The zero-order valence-corrected chi connectivity index (χ0v) is 27.4. The van der Waals surface area contributed by atoms with E-state index < -0.39 is 21.3 Å². The van der Waals surface area contributed by atoms with Crippen molar-refractivity contribution in [3.63, 3.8) is 0 Å². The smallest absolute Gasteiger partial charge is 0.328 e. The summed E-state index contributed by atoms with van der Waals surface area (Å²) in [6, 6.07) is -0.600. The molecular weight excluding hydrogens is 536 g/mol. The van der Waals surface area contributed by atoms with Crippen molar-refractivity contribution in [2.75, 3.05) is 6.54 Å². The van der Waals surface area contributed by atoms with Crippen molar-refractivity contribution < 1.29 is 23.4 Å². The van der Waals surface area contributed by atoms with E-state index in [9.17, 15) is 23.4 Å². The summed E-state index contributed by atoms with van der Waals surface area (Å²) in [4.78, 5) is 12.5. The number of sulfonamides is 1. The first kappa shape index (κ1) is 31.6. The molecule has 0 unspecified atom stereocenters. The van der Waals surface area contributed by atoms with Gasteiger partial charge in [-0.2, -0.15) is 0 Å². The molecule has 236 valence electrons. The average molecular weight is 595 g/mol.